The van der Waals surface area contributed by atoms with Gasteiger partial charge in [0.15, 0.2) is 0 Å². The first-order valence-corrected chi connectivity index (χ1v) is 8.15. The van der Waals surface area contributed by atoms with Crippen LogP contribution in [0.1, 0.15) is 38.2 Å². The van der Waals surface area contributed by atoms with Crippen LogP contribution in [0.3, 0.4) is 0 Å². The topological polar surface area (TPSA) is 30.5 Å². The van der Waals surface area contributed by atoms with E-state index in [1.807, 2.05) is 0 Å². The minimum atomic E-state index is 0.593. The Morgan fingerprint density at radius 3 is 2.62 bits per heavy atom. The smallest absolute Gasteiger partial charge is 0.142 e. The molecule has 1 fully saturated rings. The molecule has 1 aliphatic rings. The molecule has 21 heavy (non-hydrogen) atoms. The molecule has 0 unspecified atom stereocenters. The van der Waals surface area contributed by atoms with Crippen molar-refractivity contribution >= 4 is 5.69 Å². The highest BCUT2D eigenvalue weighted by Gasteiger charge is 2.18. The lowest BCUT2D eigenvalue weighted by molar-refractivity contribution is 0.146. The molecule has 0 amide bonds. The van der Waals surface area contributed by atoms with Crippen molar-refractivity contribution in [2.45, 2.75) is 39.5 Å². The highest BCUT2D eigenvalue weighted by molar-refractivity contribution is 5.57. The monoisotopic (exact) mass is 291 g/mol. The maximum absolute atomic E-state index is 5.83. The van der Waals surface area contributed by atoms with E-state index in [-0.39, 0.29) is 0 Å². The van der Waals surface area contributed by atoms with Crippen molar-refractivity contribution in [3.8, 4) is 5.75 Å². The Hall–Kier alpha value is -1.22. The summed E-state index contributed by atoms with van der Waals surface area (Å²) in [6.07, 6.45) is 5.44. The number of hydrogen-bond acceptors (Lipinski definition) is 3. The van der Waals surface area contributed by atoms with Gasteiger partial charge in [-0.1, -0.05) is 25.8 Å². The van der Waals surface area contributed by atoms with Crippen molar-refractivity contribution in [3.05, 3.63) is 23.8 Å². The lowest BCUT2D eigenvalue weighted by Crippen LogP contribution is -2.20. The second-order valence-electron chi connectivity index (χ2n) is 6.35. The van der Waals surface area contributed by atoms with Crippen molar-refractivity contribution in [1.29, 1.82) is 0 Å². The SMILES string of the molecule is COCCOc1cc(C)ccc1NCC1CCC(C)CC1. The summed E-state index contributed by atoms with van der Waals surface area (Å²) in [5.41, 5.74) is 2.33. The minimum Gasteiger partial charge on any atom is -0.489 e. The van der Waals surface area contributed by atoms with E-state index in [9.17, 15) is 0 Å². The van der Waals surface area contributed by atoms with Gasteiger partial charge in [0.25, 0.3) is 0 Å². The molecule has 0 aromatic heterocycles. The Kier molecular flexibility index (Phi) is 6.37. The van der Waals surface area contributed by atoms with Crippen LogP contribution < -0.4 is 10.1 Å². The van der Waals surface area contributed by atoms with Crippen LogP contribution in [0.15, 0.2) is 18.2 Å². The van der Waals surface area contributed by atoms with Crippen LogP contribution in [-0.4, -0.2) is 26.9 Å². The number of rotatable bonds is 7. The second kappa shape index (κ2) is 8.28. The van der Waals surface area contributed by atoms with Crippen LogP contribution in [0.5, 0.6) is 5.75 Å². The van der Waals surface area contributed by atoms with Gasteiger partial charge in [-0.05, 0) is 49.3 Å². The molecule has 1 aliphatic carbocycles. The van der Waals surface area contributed by atoms with E-state index in [0.717, 1.165) is 29.8 Å². The molecule has 3 nitrogen and oxygen atoms in total. The third kappa shape index (κ3) is 5.24. The third-order valence-corrected chi connectivity index (χ3v) is 4.40. The van der Waals surface area contributed by atoms with E-state index in [1.165, 1.54) is 31.2 Å². The molecule has 0 radical (unpaired) electrons. The summed E-state index contributed by atoms with van der Waals surface area (Å²) < 4.78 is 10.9. The number of methoxy groups -OCH3 is 1. The van der Waals surface area contributed by atoms with Crippen molar-refractivity contribution in [2.75, 3.05) is 32.2 Å². The molecular formula is C18H29NO2. The van der Waals surface area contributed by atoms with Crippen LogP contribution >= 0.6 is 0 Å². The van der Waals surface area contributed by atoms with Gasteiger partial charge in [0.2, 0.25) is 0 Å². The number of hydrogen-bond donors (Lipinski definition) is 1. The third-order valence-electron chi connectivity index (χ3n) is 4.40. The summed E-state index contributed by atoms with van der Waals surface area (Å²) in [5.74, 6) is 2.65. The Balaban J connectivity index is 1.89. The second-order valence-corrected chi connectivity index (χ2v) is 6.35. The van der Waals surface area contributed by atoms with Gasteiger partial charge in [-0.15, -0.1) is 0 Å². The van der Waals surface area contributed by atoms with Gasteiger partial charge in [0, 0.05) is 13.7 Å². The maximum Gasteiger partial charge on any atom is 0.142 e. The molecule has 1 saturated carbocycles. The molecule has 118 valence electrons. The van der Waals surface area contributed by atoms with Crippen molar-refractivity contribution in [1.82, 2.24) is 0 Å². The molecule has 0 aliphatic heterocycles. The summed E-state index contributed by atoms with van der Waals surface area (Å²) >= 11 is 0. The minimum absolute atomic E-state index is 0.593. The van der Waals surface area contributed by atoms with Crippen LogP contribution in [0, 0.1) is 18.8 Å². The molecule has 0 saturated heterocycles. The Morgan fingerprint density at radius 1 is 1.14 bits per heavy atom. The fourth-order valence-electron chi connectivity index (χ4n) is 2.92. The first-order valence-electron chi connectivity index (χ1n) is 8.15. The normalized spacial score (nSPS) is 22.0. The quantitative estimate of drug-likeness (QED) is 0.761. The van der Waals surface area contributed by atoms with Gasteiger partial charge < -0.3 is 14.8 Å². The van der Waals surface area contributed by atoms with Gasteiger partial charge in [0.1, 0.15) is 12.4 Å². The van der Waals surface area contributed by atoms with Crippen molar-refractivity contribution in [2.24, 2.45) is 11.8 Å². The number of anilines is 1. The van der Waals surface area contributed by atoms with Crippen LogP contribution in [0.2, 0.25) is 0 Å². The van der Waals surface area contributed by atoms with E-state index >= 15 is 0 Å². The van der Waals surface area contributed by atoms with E-state index in [1.54, 1.807) is 7.11 Å². The van der Waals surface area contributed by atoms with Crippen LogP contribution in [-0.2, 0) is 4.74 Å². The van der Waals surface area contributed by atoms with E-state index in [2.05, 4.69) is 37.4 Å². The predicted molar refractivity (Wildman–Crippen MR) is 88.2 cm³/mol. The number of ether oxygens (including phenoxy) is 2. The summed E-state index contributed by atoms with van der Waals surface area (Å²) in [6.45, 7) is 6.72. The molecule has 0 spiro atoms. The molecule has 1 N–H and O–H groups in total. The molecule has 1 aromatic carbocycles. The van der Waals surface area contributed by atoms with Crippen LogP contribution in [0.4, 0.5) is 5.69 Å². The largest absolute Gasteiger partial charge is 0.489 e. The Labute approximate surface area is 129 Å². The average molecular weight is 291 g/mol. The zero-order valence-corrected chi connectivity index (χ0v) is 13.7. The van der Waals surface area contributed by atoms with Gasteiger partial charge in [-0.25, -0.2) is 0 Å². The highest BCUT2D eigenvalue weighted by atomic mass is 16.5. The Bertz CT molecular complexity index is 425. The number of nitrogens with one attached hydrogen (secondary N) is 1. The van der Waals surface area contributed by atoms with Gasteiger partial charge in [-0.3, -0.25) is 0 Å². The lowest BCUT2D eigenvalue weighted by Gasteiger charge is -2.27. The van der Waals surface area contributed by atoms with Crippen molar-refractivity contribution in [3.63, 3.8) is 0 Å². The summed E-state index contributed by atoms with van der Waals surface area (Å²) in [6, 6.07) is 6.36. The molecule has 2 rings (SSSR count). The summed E-state index contributed by atoms with van der Waals surface area (Å²) in [4.78, 5) is 0. The van der Waals surface area contributed by atoms with Gasteiger partial charge >= 0.3 is 0 Å². The molecule has 0 heterocycles. The van der Waals surface area contributed by atoms with Crippen molar-refractivity contribution < 1.29 is 9.47 Å². The number of benzene rings is 1. The fraction of sp³-hybridized carbons (Fsp3) is 0.667. The summed E-state index contributed by atoms with van der Waals surface area (Å²) in [7, 11) is 1.70. The predicted octanol–water partition coefficient (Wildman–Crippen LogP) is 4.26. The zero-order valence-electron chi connectivity index (χ0n) is 13.7. The molecule has 1 aromatic rings. The molecule has 0 atom stereocenters. The fourth-order valence-corrected chi connectivity index (χ4v) is 2.92. The van der Waals surface area contributed by atoms with Gasteiger partial charge in [-0.2, -0.15) is 0 Å². The average Bonchev–Trinajstić information content (AvgIpc) is 2.48. The van der Waals surface area contributed by atoms with Gasteiger partial charge in [0.05, 0.1) is 12.3 Å². The molecular weight excluding hydrogens is 262 g/mol. The van der Waals surface area contributed by atoms with Crippen LogP contribution in [0.25, 0.3) is 0 Å². The molecule has 3 heteroatoms. The maximum atomic E-state index is 5.83. The number of aryl methyl sites for hydroxylation is 1. The first-order chi connectivity index (χ1) is 10.2. The van der Waals surface area contributed by atoms with E-state index in [0.29, 0.717) is 13.2 Å². The standard InChI is InChI=1S/C18H29NO2/c1-14-4-7-16(8-5-14)13-19-17-9-6-15(2)12-18(17)21-11-10-20-3/h6,9,12,14,16,19H,4-5,7-8,10-11,13H2,1-3H3. The highest BCUT2D eigenvalue weighted by Crippen LogP contribution is 2.30. The lowest BCUT2D eigenvalue weighted by atomic mass is 9.83. The Morgan fingerprint density at radius 2 is 1.90 bits per heavy atom. The van der Waals surface area contributed by atoms with E-state index < -0.39 is 0 Å². The zero-order chi connectivity index (χ0) is 15.1. The van der Waals surface area contributed by atoms with E-state index in [4.69, 9.17) is 9.47 Å². The summed E-state index contributed by atoms with van der Waals surface area (Å²) in [5, 5.41) is 3.59. The molecule has 0 bridgehead atoms. The first kappa shape index (κ1) is 16.2.